The normalized spacial score (nSPS) is 25.1. The van der Waals surface area contributed by atoms with Crippen molar-refractivity contribution in [3.8, 4) is 0 Å². The third-order valence-electron chi connectivity index (χ3n) is 4.11. The van der Waals surface area contributed by atoms with Crippen molar-refractivity contribution in [1.82, 2.24) is 10.2 Å². The number of aliphatic carboxylic acids is 1. The first kappa shape index (κ1) is 16.3. The van der Waals surface area contributed by atoms with Crippen LogP contribution in [0, 0.1) is 11.3 Å². The Bertz CT molecular complexity index is 412. The average molecular weight is 285 g/mol. The van der Waals surface area contributed by atoms with Crippen LogP contribution in [-0.4, -0.2) is 47.0 Å². The fraction of sp³-hybridized carbons (Fsp3) is 0.769. The SMILES string of the molecule is CC[C@H](C)[C@H](NC(=O)N1CCC(C)(C(N)=O)C1)C(=O)O. The van der Waals surface area contributed by atoms with Crippen molar-refractivity contribution in [2.75, 3.05) is 13.1 Å². The Hall–Kier alpha value is -1.79. The maximum Gasteiger partial charge on any atom is 0.326 e. The molecule has 114 valence electrons. The monoisotopic (exact) mass is 285 g/mol. The predicted molar refractivity (Wildman–Crippen MR) is 72.9 cm³/mol. The zero-order chi connectivity index (χ0) is 15.5. The van der Waals surface area contributed by atoms with Crippen LogP contribution in [0.1, 0.15) is 33.6 Å². The quantitative estimate of drug-likeness (QED) is 0.678. The van der Waals surface area contributed by atoms with Crippen molar-refractivity contribution < 1.29 is 19.5 Å². The Morgan fingerprint density at radius 2 is 2.05 bits per heavy atom. The van der Waals surface area contributed by atoms with E-state index in [9.17, 15) is 14.4 Å². The van der Waals surface area contributed by atoms with Gasteiger partial charge in [0, 0.05) is 13.1 Å². The molecule has 0 aromatic carbocycles. The van der Waals surface area contributed by atoms with Gasteiger partial charge in [0.1, 0.15) is 6.04 Å². The second-order valence-electron chi connectivity index (χ2n) is 5.75. The van der Waals surface area contributed by atoms with Gasteiger partial charge >= 0.3 is 12.0 Å². The number of carboxylic acid groups (broad SMARTS) is 1. The number of likely N-dealkylation sites (tertiary alicyclic amines) is 1. The summed E-state index contributed by atoms with van der Waals surface area (Å²) in [7, 11) is 0. The van der Waals surface area contributed by atoms with Crippen molar-refractivity contribution in [2.24, 2.45) is 17.1 Å². The van der Waals surface area contributed by atoms with Crippen molar-refractivity contribution in [1.29, 1.82) is 0 Å². The molecule has 1 rings (SSSR count). The van der Waals surface area contributed by atoms with Gasteiger partial charge in [-0.25, -0.2) is 9.59 Å². The Morgan fingerprint density at radius 1 is 1.45 bits per heavy atom. The minimum absolute atomic E-state index is 0.165. The van der Waals surface area contributed by atoms with Gasteiger partial charge in [0.05, 0.1) is 5.41 Å². The number of nitrogens with zero attached hydrogens (tertiary/aromatic N) is 1. The molecule has 1 unspecified atom stereocenters. The molecule has 3 atom stereocenters. The van der Waals surface area contributed by atoms with Crippen molar-refractivity contribution >= 4 is 17.9 Å². The van der Waals surface area contributed by atoms with Gasteiger partial charge < -0.3 is 21.1 Å². The molecule has 0 aliphatic carbocycles. The molecule has 20 heavy (non-hydrogen) atoms. The molecule has 4 N–H and O–H groups in total. The van der Waals surface area contributed by atoms with Crippen LogP contribution < -0.4 is 11.1 Å². The Morgan fingerprint density at radius 3 is 2.45 bits per heavy atom. The molecule has 1 saturated heterocycles. The van der Waals surface area contributed by atoms with Crippen LogP contribution in [0.5, 0.6) is 0 Å². The highest BCUT2D eigenvalue weighted by Crippen LogP contribution is 2.29. The second-order valence-corrected chi connectivity index (χ2v) is 5.75. The van der Waals surface area contributed by atoms with Gasteiger partial charge in [-0.1, -0.05) is 20.3 Å². The molecule has 7 heteroatoms. The lowest BCUT2D eigenvalue weighted by atomic mass is 9.89. The van der Waals surface area contributed by atoms with Crippen LogP contribution in [0.2, 0.25) is 0 Å². The fourth-order valence-electron chi connectivity index (χ4n) is 2.24. The number of rotatable bonds is 5. The summed E-state index contributed by atoms with van der Waals surface area (Å²) < 4.78 is 0. The molecule has 0 saturated carbocycles. The summed E-state index contributed by atoms with van der Waals surface area (Å²) in [6, 6.07) is -1.38. The third-order valence-corrected chi connectivity index (χ3v) is 4.11. The molecule has 0 aromatic rings. The molecule has 3 amide bonds. The lowest BCUT2D eigenvalue weighted by Crippen LogP contribution is -2.50. The van der Waals surface area contributed by atoms with Crippen LogP contribution in [0.15, 0.2) is 0 Å². The Balaban J connectivity index is 2.68. The number of nitrogens with one attached hydrogen (secondary N) is 1. The van der Waals surface area contributed by atoms with Crippen molar-refractivity contribution in [3.63, 3.8) is 0 Å². The topological polar surface area (TPSA) is 113 Å². The number of carboxylic acids is 1. The molecule has 0 spiro atoms. The first-order valence-electron chi connectivity index (χ1n) is 6.79. The lowest BCUT2D eigenvalue weighted by Gasteiger charge is -2.25. The number of urea groups is 1. The fourth-order valence-corrected chi connectivity index (χ4v) is 2.24. The van der Waals surface area contributed by atoms with E-state index in [0.717, 1.165) is 0 Å². The number of carbonyl (C=O) groups is 3. The van der Waals surface area contributed by atoms with E-state index < -0.39 is 29.4 Å². The molecule has 1 fully saturated rings. The number of primary amides is 1. The highest BCUT2D eigenvalue weighted by atomic mass is 16.4. The standard InChI is InChI=1S/C13H23N3O4/c1-4-8(2)9(10(17)18)15-12(20)16-6-5-13(3,7-16)11(14)19/h8-9H,4-7H2,1-3H3,(H2,14,19)(H,15,20)(H,17,18)/t8-,9-,13?/m0/s1. The third kappa shape index (κ3) is 3.40. The lowest BCUT2D eigenvalue weighted by molar-refractivity contribution is -0.140. The summed E-state index contributed by atoms with van der Waals surface area (Å²) >= 11 is 0. The minimum atomic E-state index is -1.05. The van der Waals surface area contributed by atoms with E-state index in [-0.39, 0.29) is 12.5 Å². The van der Waals surface area contributed by atoms with Gasteiger partial charge in [0.15, 0.2) is 0 Å². The molecule has 0 aromatic heterocycles. The Kier molecular flexibility index (Phi) is 4.97. The molecular formula is C13H23N3O4. The van der Waals surface area contributed by atoms with Crippen molar-refractivity contribution in [2.45, 2.75) is 39.7 Å². The summed E-state index contributed by atoms with van der Waals surface area (Å²) in [5.41, 5.74) is 4.59. The van der Waals surface area contributed by atoms with Crippen LogP contribution in [0.4, 0.5) is 4.79 Å². The van der Waals surface area contributed by atoms with Gasteiger partial charge in [-0.2, -0.15) is 0 Å². The van der Waals surface area contributed by atoms with E-state index in [0.29, 0.717) is 19.4 Å². The zero-order valence-electron chi connectivity index (χ0n) is 12.2. The predicted octanol–water partition coefficient (Wildman–Crippen LogP) is 0.393. The van der Waals surface area contributed by atoms with Gasteiger partial charge in [-0.15, -0.1) is 0 Å². The van der Waals surface area contributed by atoms with Crippen LogP contribution >= 0.6 is 0 Å². The number of hydrogen-bond acceptors (Lipinski definition) is 3. The van der Waals surface area contributed by atoms with E-state index >= 15 is 0 Å². The molecular weight excluding hydrogens is 262 g/mol. The number of carbonyl (C=O) groups excluding carboxylic acids is 2. The first-order chi connectivity index (χ1) is 9.21. The van der Waals surface area contributed by atoms with Gasteiger partial charge in [0.2, 0.25) is 5.91 Å². The van der Waals surface area contributed by atoms with E-state index in [1.54, 1.807) is 13.8 Å². The maximum atomic E-state index is 12.1. The largest absolute Gasteiger partial charge is 0.480 e. The molecule has 1 heterocycles. The van der Waals surface area contributed by atoms with E-state index in [4.69, 9.17) is 10.8 Å². The van der Waals surface area contributed by atoms with Crippen molar-refractivity contribution in [3.05, 3.63) is 0 Å². The number of nitrogens with two attached hydrogens (primary N) is 1. The minimum Gasteiger partial charge on any atom is -0.480 e. The first-order valence-corrected chi connectivity index (χ1v) is 6.79. The smallest absolute Gasteiger partial charge is 0.326 e. The molecule has 1 aliphatic heterocycles. The highest BCUT2D eigenvalue weighted by Gasteiger charge is 2.41. The van der Waals surface area contributed by atoms with Gasteiger partial charge in [-0.05, 0) is 19.3 Å². The summed E-state index contributed by atoms with van der Waals surface area (Å²) in [4.78, 5) is 36.1. The Labute approximate surface area is 118 Å². The maximum absolute atomic E-state index is 12.1. The molecule has 7 nitrogen and oxygen atoms in total. The molecule has 0 radical (unpaired) electrons. The average Bonchev–Trinajstić information content (AvgIpc) is 2.78. The number of amides is 3. The zero-order valence-corrected chi connectivity index (χ0v) is 12.2. The molecule has 1 aliphatic rings. The summed E-state index contributed by atoms with van der Waals surface area (Å²) in [5.74, 6) is -1.66. The molecule has 0 bridgehead atoms. The van der Waals surface area contributed by atoms with Crippen LogP contribution in [0.3, 0.4) is 0 Å². The van der Waals surface area contributed by atoms with E-state index in [1.807, 2.05) is 6.92 Å². The summed E-state index contributed by atoms with van der Waals surface area (Å²) in [6.07, 6.45) is 1.15. The summed E-state index contributed by atoms with van der Waals surface area (Å²) in [6.45, 7) is 5.98. The summed E-state index contributed by atoms with van der Waals surface area (Å²) in [5, 5.41) is 11.7. The van der Waals surface area contributed by atoms with E-state index in [1.165, 1.54) is 4.90 Å². The number of hydrogen-bond donors (Lipinski definition) is 3. The second kappa shape index (κ2) is 6.11. The van der Waals surface area contributed by atoms with Crippen LogP contribution in [-0.2, 0) is 9.59 Å². The van der Waals surface area contributed by atoms with Crippen LogP contribution in [0.25, 0.3) is 0 Å². The van der Waals surface area contributed by atoms with Gasteiger partial charge in [0.25, 0.3) is 0 Å². The van der Waals surface area contributed by atoms with E-state index in [2.05, 4.69) is 5.32 Å². The highest BCUT2D eigenvalue weighted by molar-refractivity contribution is 5.85. The van der Waals surface area contributed by atoms with Gasteiger partial charge in [-0.3, -0.25) is 4.79 Å².